The largest absolute Gasteiger partial charge is 0.365 e. The zero-order valence-corrected chi connectivity index (χ0v) is 11.4. The zero-order chi connectivity index (χ0) is 12.5. The Labute approximate surface area is 109 Å². The number of anilines is 1. The molecule has 0 saturated carbocycles. The Morgan fingerprint density at radius 1 is 1.41 bits per heavy atom. The normalized spacial score (nSPS) is 18.7. The Morgan fingerprint density at radius 3 is 2.71 bits per heavy atom. The average Bonchev–Trinajstić information content (AvgIpc) is 2.59. The molecule has 1 aliphatic rings. The van der Waals surface area contributed by atoms with Crippen LogP contribution < -0.4 is 10.6 Å². The Hall–Kier alpha value is -0.730. The van der Waals surface area contributed by atoms with Crippen molar-refractivity contribution >= 4 is 17.3 Å². The van der Waals surface area contributed by atoms with Crippen LogP contribution >= 0.6 is 11.6 Å². The highest BCUT2D eigenvalue weighted by molar-refractivity contribution is 6.33. The van der Waals surface area contributed by atoms with Crippen LogP contribution in [0.2, 0.25) is 5.02 Å². The second-order valence-corrected chi connectivity index (χ2v) is 5.80. The van der Waals surface area contributed by atoms with Crippen LogP contribution in [0.25, 0.3) is 0 Å². The van der Waals surface area contributed by atoms with Crippen LogP contribution in [0, 0.1) is 0 Å². The number of hydrogen-bond acceptors (Lipinski definition) is 2. The molecular weight excluding hydrogens is 232 g/mol. The molecule has 2 N–H and O–H groups in total. The number of benzene rings is 1. The van der Waals surface area contributed by atoms with Gasteiger partial charge in [-0.3, -0.25) is 0 Å². The molecule has 3 heteroatoms. The second-order valence-electron chi connectivity index (χ2n) is 5.39. The minimum atomic E-state index is 0.221. The molecule has 0 bridgehead atoms. The van der Waals surface area contributed by atoms with Gasteiger partial charge in [0.05, 0.1) is 10.7 Å². The highest BCUT2D eigenvalue weighted by Crippen LogP contribution is 2.37. The molecule has 0 aliphatic carbocycles. The van der Waals surface area contributed by atoms with Gasteiger partial charge in [-0.15, -0.1) is 0 Å². The molecule has 0 radical (unpaired) electrons. The molecule has 0 aromatic heterocycles. The Morgan fingerprint density at radius 2 is 2.18 bits per heavy atom. The van der Waals surface area contributed by atoms with Crippen molar-refractivity contribution in [1.29, 1.82) is 0 Å². The lowest BCUT2D eigenvalue weighted by Gasteiger charge is -2.34. The summed E-state index contributed by atoms with van der Waals surface area (Å²) in [5.41, 5.74) is 8.16. The third-order valence-corrected chi connectivity index (χ3v) is 3.94. The molecule has 94 valence electrons. The molecule has 1 saturated heterocycles. The monoisotopic (exact) mass is 252 g/mol. The van der Waals surface area contributed by atoms with Crippen molar-refractivity contribution in [3.63, 3.8) is 0 Å². The Balaban J connectivity index is 2.27. The first-order chi connectivity index (χ1) is 8.04. The lowest BCUT2D eigenvalue weighted by atomic mass is 10.0. The maximum absolute atomic E-state index is 6.39. The minimum Gasteiger partial charge on any atom is -0.365 e. The van der Waals surface area contributed by atoms with Crippen molar-refractivity contribution in [2.24, 2.45) is 5.73 Å². The summed E-state index contributed by atoms with van der Waals surface area (Å²) in [5, 5.41) is 0.853. The summed E-state index contributed by atoms with van der Waals surface area (Å²) in [6, 6.07) is 6.33. The fourth-order valence-corrected chi connectivity index (χ4v) is 2.95. The van der Waals surface area contributed by atoms with Gasteiger partial charge in [0.25, 0.3) is 0 Å². The van der Waals surface area contributed by atoms with Gasteiger partial charge in [0.15, 0.2) is 0 Å². The van der Waals surface area contributed by atoms with Gasteiger partial charge in [0, 0.05) is 12.1 Å². The molecule has 2 nitrogen and oxygen atoms in total. The van der Waals surface area contributed by atoms with Crippen LogP contribution in [0.3, 0.4) is 0 Å². The van der Waals surface area contributed by atoms with E-state index in [1.165, 1.54) is 18.4 Å². The van der Waals surface area contributed by atoms with Crippen LogP contribution in [-0.2, 0) is 6.42 Å². The summed E-state index contributed by atoms with van der Waals surface area (Å²) in [6.07, 6.45) is 3.37. The van der Waals surface area contributed by atoms with Crippen LogP contribution in [0.1, 0.15) is 32.3 Å². The van der Waals surface area contributed by atoms with Gasteiger partial charge in [0.1, 0.15) is 0 Å². The van der Waals surface area contributed by atoms with E-state index in [-0.39, 0.29) is 5.54 Å². The molecule has 17 heavy (non-hydrogen) atoms. The Kier molecular flexibility index (Phi) is 3.64. The summed E-state index contributed by atoms with van der Waals surface area (Å²) in [5.74, 6) is 0. The first-order valence-electron chi connectivity index (χ1n) is 6.31. The van der Waals surface area contributed by atoms with Gasteiger partial charge in [0.2, 0.25) is 0 Å². The van der Waals surface area contributed by atoms with Crippen molar-refractivity contribution < 1.29 is 0 Å². The molecule has 0 amide bonds. The molecule has 1 aromatic carbocycles. The van der Waals surface area contributed by atoms with E-state index >= 15 is 0 Å². The van der Waals surface area contributed by atoms with Crippen LogP contribution in [0.15, 0.2) is 18.2 Å². The first-order valence-corrected chi connectivity index (χ1v) is 6.68. The van der Waals surface area contributed by atoms with E-state index in [1.54, 1.807) is 0 Å². The highest BCUT2D eigenvalue weighted by Gasteiger charge is 2.32. The van der Waals surface area contributed by atoms with Crippen molar-refractivity contribution in [1.82, 2.24) is 0 Å². The summed E-state index contributed by atoms with van der Waals surface area (Å²) in [4.78, 5) is 2.42. The fourth-order valence-electron chi connectivity index (χ4n) is 2.65. The van der Waals surface area contributed by atoms with Gasteiger partial charge < -0.3 is 10.6 Å². The molecule has 1 fully saturated rings. The van der Waals surface area contributed by atoms with E-state index in [0.29, 0.717) is 6.54 Å². The van der Waals surface area contributed by atoms with Crippen LogP contribution in [0.4, 0.5) is 5.69 Å². The third-order valence-electron chi connectivity index (χ3n) is 3.64. The molecule has 1 heterocycles. The molecule has 0 atom stereocenters. The van der Waals surface area contributed by atoms with Crippen molar-refractivity contribution in [3.05, 3.63) is 28.8 Å². The molecule has 2 rings (SSSR count). The minimum absolute atomic E-state index is 0.221. The Bertz CT molecular complexity index is 401. The maximum atomic E-state index is 6.39. The van der Waals surface area contributed by atoms with Gasteiger partial charge in [-0.2, -0.15) is 0 Å². The third kappa shape index (κ3) is 2.58. The van der Waals surface area contributed by atoms with Crippen molar-refractivity contribution in [2.45, 2.75) is 38.6 Å². The number of nitrogens with two attached hydrogens (primary N) is 1. The lowest BCUT2D eigenvalue weighted by Crippen LogP contribution is -2.38. The lowest BCUT2D eigenvalue weighted by molar-refractivity contribution is 0.518. The quantitative estimate of drug-likeness (QED) is 0.895. The number of halogens is 1. The summed E-state index contributed by atoms with van der Waals surface area (Å²) in [6.45, 7) is 6.34. The molecule has 1 aliphatic heterocycles. The fraction of sp³-hybridized carbons (Fsp3) is 0.571. The SMILES string of the molecule is CC1(C)CCCN1c1ccc(CCN)cc1Cl. The van der Waals surface area contributed by atoms with Gasteiger partial charge >= 0.3 is 0 Å². The number of rotatable bonds is 3. The van der Waals surface area contributed by atoms with E-state index in [0.717, 1.165) is 23.7 Å². The smallest absolute Gasteiger partial charge is 0.0642 e. The average molecular weight is 253 g/mol. The summed E-state index contributed by atoms with van der Waals surface area (Å²) in [7, 11) is 0. The summed E-state index contributed by atoms with van der Waals surface area (Å²) >= 11 is 6.39. The van der Waals surface area contributed by atoms with E-state index in [2.05, 4.69) is 36.9 Å². The van der Waals surface area contributed by atoms with E-state index < -0.39 is 0 Å². The number of hydrogen-bond donors (Lipinski definition) is 1. The number of nitrogens with zero attached hydrogens (tertiary/aromatic N) is 1. The van der Waals surface area contributed by atoms with E-state index in [9.17, 15) is 0 Å². The molecule has 0 spiro atoms. The molecular formula is C14H21ClN2. The van der Waals surface area contributed by atoms with Crippen LogP contribution in [0.5, 0.6) is 0 Å². The topological polar surface area (TPSA) is 29.3 Å². The first kappa shape index (κ1) is 12.7. The van der Waals surface area contributed by atoms with Crippen molar-refractivity contribution in [3.8, 4) is 0 Å². The zero-order valence-electron chi connectivity index (χ0n) is 10.7. The predicted molar refractivity (Wildman–Crippen MR) is 74.9 cm³/mol. The van der Waals surface area contributed by atoms with Gasteiger partial charge in [-0.1, -0.05) is 17.7 Å². The van der Waals surface area contributed by atoms with Crippen LogP contribution in [-0.4, -0.2) is 18.6 Å². The predicted octanol–water partition coefficient (Wildman–Crippen LogP) is 3.22. The second kappa shape index (κ2) is 4.87. The highest BCUT2D eigenvalue weighted by atomic mass is 35.5. The molecule has 1 aromatic rings. The summed E-state index contributed by atoms with van der Waals surface area (Å²) < 4.78 is 0. The molecule has 0 unspecified atom stereocenters. The van der Waals surface area contributed by atoms with Gasteiger partial charge in [-0.25, -0.2) is 0 Å². The van der Waals surface area contributed by atoms with Gasteiger partial charge in [-0.05, 0) is 57.4 Å². The standard InChI is InChI=1S/C14H21ClN2/c1-14(2)7-3-9-17(14)13-5-4-11(6-8-16)10-12(13)15/h4-5,10H,3,6-9,16H2,1-2H3. The maximum Gasteiger partial charge on any atom is 0.0642 e. The van der Waals surface area contributed by atoms with Crippen molar-refractivity contribution in [2.75, 3.05) is 18.0 Å². The van der Waals surface area contributed by atoms with E-state index in [1.807, 2.05) is 0 Å². The van der Waals surface area contributed by atoms with E-state index in [4.69, 9.17) is 17.3 Å².